The van der Waals surface area contributed by atoms with Crippen molar-refractivity contribution in [2.24, 2.45) is 13.0 Å². The molecular formula is C15H20N4O3. The molecule has 1 atom stereocenters. The van der Waals surface area contributed by atoms with Gasteiger partial charge in [-0.3, -0.25) is 14.3 Å². The predicted octanol–water partition coefficient (Wildman–Crippen LogP) is 1.41. The van der Waals surface area contributed by atoms with Gasteiger partial charge in [-0.05, 0) is 31.9 Å². The van der Waals surface area contributed by atoms with Gasteiger partial charge in [0.25, 0.3) is 0 Å². The van der Waals surface area contributed by atoms with Gasteiger partial charge in [-0.2, -0.15) is 0 Å². The minimum atomic E-state index is -0.110. The highest BCUT2D eigenvalue weighted by Crippen LogP contribution is 2.25. The first-order chi connectivity index (χ1) is 10.6. The fourth-order valence-electron chi connectivity index (χ4n) is 2.87. The Kier molecular flexibility index (Phi) is 3.98. The zero-order valence-corrected chi connectivity index (χ0v) is 13.1. The van der Waals surface area contributed by atoms with E-state index in [1.165, 1.54) is 12.2 Å². The van der Waals surface area contributed by atoms with Crippen LogP contribution in [-0.4, -0.2) is 33.1 Å². The van der Waals surface area contributed by atoms with E-state index in [-0.39, 0.29) is 11.8 Å². The normalized spacial score (nSPS) is 17.3. The molecule has 1 unspecified atom stereocenters. The maximum atomic E-state index is 12.7. The van der Waals surface area contributed by atoms with Crippen LogP contribution in [0.5, 0.6) is 0 Å². The molecule has 118 valence electrons. The Morgan fingerprint density at radius 1 is 1.55 bits per heavy atom. The van der Waals surface area contributed by atoms with E-state index >= 15 is 0 Å². The Labute approximate surface area is 128 Å². The third-order valence-corrected chi connectivity index (χ3v) is 4.10. The molecule has 0 saturated carbocycles. The van der Waals surface area contributed by atoms with Crippen LogP contribution in [0.25, 0.3) is 0 Å². The van der Waals surface area contributed by atoms with E-state index in [1.807, 2.05) is 26.1 Å². The molecule has 0 spiro atoms. The van der Waals surface area contributed by atoms with Gasteiger partial charge in [-0.15, -0.1) is 5.10 Å². The predicted molar refractivity (Wildman–Crippen MR) is 77.5 cm³/mol. The van der Waals surface area contributed by atoms with Gasteiger partial charge in [0.15, 0.2) is 0 Å². The number of furan rings is 1. The molecule has 0 aromatic carbocycles. The Morgan fingerprint density at radius 2 is 2.36 bits per heavy atom. The number of aromatic nitrogens is 3. The maximum absolute atomic E-state index is 12.7. The van der Waals surface area contributed by atoms with E-state index in [4.69, 9.17) is 9.25 Å². The van der Waals surface area contributed by atoms with Crippen LogP contribution in [-0.2, 0) is 36.1 Å². The highest BCUT2D eigenvalue weighted by Gasteiger charge is 2.31. The lowest BCUT2D eigenvalue weighted by molar-refractivity contribution is -0.185. The second-order valence-electron chi connectivity index (χ2n) is 5.62. The Hall–Kier alpha value is -2.15. The fourth-order valence-corrected chi connectivity index (χ4v) is 2.87. The Bertz CT molecular complexity index is 676. The Morgan fingerprint density at radius 3 is 3.05 bits per heavy atom. The summed E-state index contributed by atoms with van der Waals surface area (Å²) in [5.41, 5.74) is 2.03. The van der Waals surface area contributed by atoms with Crippen LogP contribution in [0.15, 0.2) is 16.5 Å². The molecule has 2 aromatic rings. The fraction of sp³-hybridized carbons (Fsp3) is 0.533. The average Bonchev–Trinajstić information content (AvgIpc) is 3.10. The van der Waals surface area contributed by atoms with Crippen LogP contribution in [0.1, 0.15) is 29.3 Å². The summed E-state index contributed by atoms with van der Waals surface area (Å²) in [6, 6.07) is 3.74. The van der Waals surface area contributed by atoms with E-state index in [2.05, 4.69) is 10.3 Å². The minimum absolute atomic E-state index is 0.0246. The lowest BCUT2D eigenvalue weighted by atomic mass is 9.89. The molecule has 1 amide bonds. The van der Waals surface area contributed by atoms with Crippen molar-refractivity contribution >= 4 is 5.91 Å². The number of hydrogen-bond donors (Lipinski definition) is 0. The average molecular weight is 304 g/mol. The SMILES string of the molecule is CON(Cc1ccc(C)o1)C(=O)C1CCc2nnn(C)c2C1. The smallest absolute Gasteiger partial charge is 0.250 e. The quantitative estimate of drug-likeness (QED) is 0.799. The molecule has 2 heterocycles. The summed E-state index contributed by atoms with van der Waals surface area (Å²) < 4.78 is 7.27. The van der Waals surface area contributed by atoms with Crippen LogP contribution in [0.4, 0.5) is 0 Å². The third-order valence-electron chi connectivity index (χ3n) is 4.10. The van der Waals surface area contributed by atoms with Crippen molar-refractivity contribution < 1.29 is 14.0 Å². The number of nitrogens with zero attached hydrogens (tertiary/aromatic N) is 4. The second kappa shape index (κ2) is 5.92. The summed E-state index contributed by atoms with van der Waals surface area (Å²) in [5, 5.41) is 9.52. The van der Waals surface area contributed by atoms with Gasteiger partial charge in [0.05, 0.1) is 18.5 Å². The van der Waals surface area contributed by atoms with Crippen LogP contribution in [0, 0.1) is 12.8 Å². The van der Waals surface area contributed by atoms with E-state index in [0.717, 1.165) is 30.0 Å². The highest BCUT2D eigenvalue weighted by atomic mass is 16.7. The molecule has 0 saturated heterocycles. The number of aryl methyl sites for hydroxylation is 3. The van der Waals surface area contributed by atoms with Crippen molar-refractivity contribution in [1.29, 1.82) is 0 Å². The number of carbonyl (C=O) groups is 1. The topological polar surface area (TPSA) is 73.4 Å². The van der Waals surface area contributed by atoms with Crippen LogP contribution < -0.4 is 0 Å². The lowest BCUT2D eigenvalue weighted by Crippen LogP contribution is -2.37. The van der Waals surface area contributed by atoms with Gasteiger partial charge in [0.2, 0.25) is 5.91 Å². The van der Waals surface area contributed by atoms with Crippen molar-refractivity contribution in [3.63, 3.8) is 0 Å². The van der Waals surface area contributed by atoms with E-state index in [0.29, 0.717) is 18.7 Å². The van der Waals surface area contributed by atoms with Crippen LogP contribution in [0.2, 0.25) is 0 Å². The molecule has 0 radical (unpaired) electrons. The molecule has 22 heavy (non-hydrogen) atoms. The molecular weight excluding hydrogens is 284 g/mol. The first-order valence-electron chi connectivity index (χ1n) is 7.36. The first-order valence-corrected chi connectivity index (χ1v) is 7.36. The number of rotatable bonds is 4. The van der Waals surface area contributed by atoms with E-state index in [9.17, 15) is 4.79 Å². The maximum Gasteiger partial charge on any atom is 0.250 e. The molecule has 2 aromatic heterocycles. The largest absolute Gasteiger partial charge is 0.464 e. The summed E-state index contributed by atoms with van der Waals surface area (Å²) in [7, 11) is 3.37. The van der Waals surface area contributed by atoms with Crippen molar-refractivity contribution in [1.82, 2.24) is 20.1 Å². The molecule has 1 aliphatic carbocycles. The third kappa shape index (κ3) is 2.76. The molecule has 0 bridgehead atoms. The first kappa shape index (κ1) is 14.8. The standard InChI is InChI=1S/C15H20N4O3/c1-10-4-6-12(22-10)9-19(21-3)15(20)11-5-7-13-14(8-11)18(2)17-16-13/h4,6,11H,5,7-9H2,1-3H3. The van der Waals surface area contributed by atoms with Crippen molar-refractivity contribution in [3.05, 3.63) is 35.0 Å². The lowest BCUT2D eigenvalue weighted by Gasteiger charge is -2.26. The van der Waals surface area contributed by atoms with Crippen LogP contribution in [0.3, 0.4) is 0 Å². The monoisotopic (exact) mass is 304 g/mol. The molecule has 0 N–H and O–H groups in total. The Balaban J connectivity index is 1.71. The van der Waals surface area contributed by atoms with Gasteiger partial charge >= 0.3 is 0 Å². The van der Waals surface area contributed by atoms with Gasteiger partial charge in [0, 0.05) is 19.4 Å². The number of hydrogen-bond acceptors (Lipinski definition) is 5. The summed E-state index contributed by atoms with van der Waals surface area (Å²) in [4.78, 5) is 18.0. The van der Waals surface area contributed by atoms with Gasteiger partial charge in [-0.25, -0.2) is 5.06 Å². The molecule has 7 nitrogen and oxygen atoms in total. The molecule has 0 aliphatic heterocycles. The van der Waals surface area contributed by atoms with Crippen molar-refractivity contribution in [3.8, 4) is 0 Å². The number of carbonyl (C=O) groups excluding carboxylic acids is 1. The summed E-state index contributed by atoms with van der Waals surface area (Å²) in [6.45, 7) is 2.19. The minimum Gasteiger partial charge on any atom is -0.464 e. The van der Waals surface area contributed by atoms with E-state index in [1.54, 1.807) is 4.68 Å². The highest BCUT2D eigenvalue weighted by molar-refractivity contribution is 5.78. The van der Waals surface area contributed by atoms with Crippen molar-refractivity contribution in [2.75, 3.05) is 7.11 Å². The summed E-state index contributed by atoms with van der Waals surface area (Å²) >= 11 is 0. The zero-order chi connectivity index (χ0) is 15.7. The molecule has 1 aliphatic rings. The zero-order valence-electron chi connectivity index (χ0n) is 13.1. The summed E-state index contributed by atoms with van der Waals surface area (Å²) in [6.07, 6.45) is 2.19. The van der Waals surface area contributed by atoms with Gasteiger partial charge in [0.1, 0.15) is 18.1 Å². The molecule has 0 fully saturated rings. The number of amides is 1. The second-order valence-corrected chi connectivity index (χ2v) is 5.62. The van der Waals surface area contributed by atoms with Crippen molar-refractivity contribution in [2.45, 2.75) is 32.7 Å². The summed E-state index contributed by atoms with van der Waals surface area (Å²) in [5.74, 6) is 1.40. The van der Waals surface area contributed by atoms with Gasteiger partial charge < -0.3 is 4.42 Å². The number of hydroxylamine groups is 2. The van der Waals surface area contributed by atoms with Crippen LogP contribution >= 0.6 is 0 Å². The number of fused-ring (bicyclic) bond motifs is 1. The van der Waals surface area contributed by atoms with E-state index < -0.39 is 0 Å². The molecule has 3 rings (SSSR count). The molecule has 7 heteroatoms. The van der Waals surface area contributed by atoms with Gasteiger partial charge in [-0.1, -0.05) is 5.21 Å².